The number of nitrogens with one attached hydrogen (secondary N) is 1. The van der Waals surface area contributed by atoms with Crippen LogP contribution in [0.4, 0.5) is 0 Å². The van der Waals surface area contributed by atoms with Gasteiger partial charge < -0.3 is 0 Å². The third-order valence-electron chi connectivity index (χ3n) is 4.28. The zero-order valence-electron chi connectivity index (χ0n) is 11.1. The minimum absolute atomic E-state index is 0.00845. The van der Waals surface area contributed by atoms with Gasteiger partial charge in [0.15, 0.2) is 9.84 Å². The van der Waals surface area contributed by atoms with Crippen molar-refractivity contribution in [3.05, 3.63) is 34.9 Å². The van der Waals surface area contributed by atoms with Gasteiger partial charge in [0.05, 0.1) is 17.4 Å². The van der Waals surface area contributed by atoms with E-state index in [9.17, 15) is 18.0 Å². The van der Waals surface area contributed by atoms with E-state index in [4.69, 9.17) is 11.6 Å². The van der Waals surface area contributed by atoms with Crippen LogP contribution in [0.25, 0.3) is 0 Å². The Morgan fingerprint density at radius 3 is 2.57 bits per heavy atom. The quantitative estimate of drug-likeness (QED) is 0.788. The van der Waals surface area contributed by atoms with Gasteiger partial charge in [0.2, 0.25) is 11.8 Å². The highest BCUT2D eigenvalue weighted by Crippen LogP contribution is 2.50. The molecule has 1 aromatic carbocycles. The molecule has 1 aromatic rings. The molecule has 2 aliphatic rings. The van der Waals surface area contributed by atoms with Crippen LogP contribution in [0.2, 0.25) is 5.02 Å². The van der Waals surface area contributed by atoms with Gasteiger partial charge in [-0.3, -0.25) is 14.9 Å². The van der Waals surface area contributed by atoms with Crippen molar-refractivity contribution in [3.63, 3.8) is 0 Å². The van der Waals surface area contributed by atoms with E-state index >= 15 is 0 Å². The summed E-state index contributed by atoms with van der Waals surface area (Å²) in [5, 5.41) is 2.71. The second-order valence-electron chi connectivity index (χ2n) is 5.75. The fraction of sp³-hybridized carbons (Fsp3) is 0.429. The highest BCUT2D eigenvalue weighted by molar-refractivity contribution is 7.91. The summed E-state index contributed by atoms with van der Waals surface area (Å²) in [6.45, 7) is 0. The monoisotopic (exact) mass is 327 g/mol. The molecule has 5 nitrogen and oxygen atoms in total. The number of rotatable bonds is 1. The smallest absolute Gasteiger partial charge is 0.234 e. The van der Waals surface area contributed by atoms with Crippen molar-refractivity contribution < 1.29 is 18.0 Å². The van der Waals surface area contributed by atoms with E-state index in [2.05, 4.69) is 5.32 Å². The van der Waals surface area contributed by atoms with Gasteiger partial charge in [-0.1, -0.05) is 29.8 Å². The van der Waals surface area contributed by atoms with Crippen molar-refractivity contribution in [1.82, 2.24) is 5.32 Å². The highest BCUT2D eigenvalue weighted by atomic mass is 35.5. The van der Waals surface area contributed by atoms with E-state index in [0.29, 0.717) is 17.0 Å². The second-order valence-corrected chi connectivity index (χ2v) is 8.34. The van der Waals surface area contributed by atoms with E-state index in [0.717, 1.165) is 0 Å². The van der Waals surface area contributed by atoms with Crippen LogP contribution >= 0.6 is 11.6 Å². The number of amides is 2. The molecule has 0 bridgehead atoms. The molecular formula is C14H14ClNO4S. The van der Waals surface area contributed by atoms with Crippen molar-refractivity contribution in [2.24, 2.45) is 5.41 Å². The van der Waals surface area contributed by atoms with Gasteiger partial charge in [-0.15, -0.1) is 0 Å². The average molecular weight is 328 g/mol. The molecule has 7 heteroatoms. The Labute approximate surface area is 127 Å². The van der Waals surface area contributed by atoms with Gasteiger partial charge in [0.25, 0.3) is 0 Å². The van der Waals surface area contributed by atoms with Crippen LogP contribution in [0.15, 0.2) is 24.3 Å². The average Bonchev–Trinajstić information content (AvgIpc) is 2.66. The standard InChI is InChI=1S/C14H14ClNO4S/c15-10-4-2-1-3-9(10)12-13(18)16-11(17)7-14(12)5-6-21(19,20)8-14/h1-4,12H,5-8H2,(H,16,17,18). The largest absolute Gasteiger partial charge is 0.296 e. The molecule has 0 radical (unpaired) electrons. The lowest BCUT2D eigenvalue weighted by atomic mass is 9.67. The van der Waals surface area contributed by atoms with Gasteiger partial charge in [0, 0.05) is 16.9 Å². The summed E-state index contributed by atoms with van der Waals surface area (Å²) >= 11 is 6.18. The van der Waals surface area contributed by atoms with Crippen molar-refractivity contribution in [2.45, 2.75) is 18.8 Å². The summed E-state index contributed by atoms with van der Waals surface area (Å²) in [6.07, 6.45) is 0.345. The molecular weight excluding hydrogens is 314 g/mol. The van der Waals surface area contributed by atoms with Crippen LogP contribution in [-0.2, 0) is 19.4 Å². The molecule has 2 aliphatic heterocycles. The first-order valence-electron chi connectivity index (χ1n) is 6.62. The molecule has 0 aromatic heterocycles. The zero-order chi connectivity index (χ0) is 15.3. The van der Waals surface area contributed by atoms with Crippen LogP contribution in [0.1, 0.15) is 24.3 Å². The molecule has 1 N–H and O–H groups in total. The van der Waals surface area contributed by atoms with Gasteiger partial charge >= 0.3 is 0 Å². The number of halogens is 1. The number of benzene rings is 1. The van der Waals surface area contributed by atoms with E-state index in [1.165, 1.54) is 0 Å². The number of sulfone groups is 1. The summed E-state index contributed by atoms with van der Waals surface area (Å²) in [5.74, 6) is -1.72. The lowest BCUT2D eigenvalue weighted by Crippen LogP contribution is -2.51. The SMILES string of the molecule is O=C1CC2(CCS(=O)(=O)C2)C(c2ccccc2Cl)C(=O)N1. The maximum absolute atomic E-state index is 12.3. The molecule has 2 atom stereocenters. The Kier molecular flexibility index (Phi) is 3.33. The maximum atomic E-state index is 12.3. The first kappa shape index (κ1) is 14.5. The molecule has 2 unspecified atom stereocenters. The van der Waals surface area contributed by atoms with E-state index in [1.807, 2.05) is 0 Å². The minimum atomic E-state index is -3.23. The molecule has 0 aliphatic carbocycles. The fourth-order valence-electron chi connectivity index (χ4n) is 3.44. The maximum Gasteiger partial charge on any atom is 0.234 e. The Bertz CT molecular complexity index is 730. The number of carbonyl (C=O) groups is 2. The van der Waals surface area contributed by atoms with Crippen LogP contribution in [0, 0.1) is 5.41 Å². The van der Waals surface area contributed by atoms with E-state index < -0.39 is 33.0 Å². The minimum Gasteiger partial charge on any atom is -0.296 e. The van der Waals surface area contributed by atoms with Crippen molar-refractivity contribution in [3.8, 4) is 0 Å². The third-order valence-corrected chi connectivity index (χ3v) is 6.47. The number of hydrogen-bond donors (Lipinski definition) is 1. The number of imide groups is 1. The summed E-state index contributed by atoms with van der Waals surface area (Å²) in [5.41, 5.74) is -0.287. The molecule has 112 valence electrons. The molecule has 1 spiro atoms. The summed E-state index contributed by atoms with van der Waals surface area (Å²) in [6, 6.07) is 6.88. The fourth-order valence-corrected chi connectivity index (χ4v) is 5.84. The van der Waals surface area contributed by atoms with Crippen LogP contribution < -0.4 is 5.32 Å². The van der Waals surface area contributed by atoms with Crippen LogP contribution in [-0.4, -0.2) is 31.7 Å². The van der Waals surface area contributed by atoms with Gasteiger partial charge in [-0.05, 0) is 18.1 Å². The third kappa shape index (κ3) is 2.46. The van der Waals surface area contributed by atoms with Crippen molar-refractivity contribution in [2.75, 3.05) is 11.5 Å². The second kappa shape index (κ2) is 4.81. The molecule has 2 amide bonds. The Balaban J connectivity index is 2.13. The summed E-state index contributed by atoms with van der Waals surface area (Å²) in [4.78, 5) is 24.1. The van der Waals surface area contributed by atoms with Crippen molar-refractivity contribution >= 4 is 33.3 Å². The Morgan fingerprint density at radius 2 is 1.95 bits per heavy atom. The van der Waals surface area contributed by atoms with Crippen LogP contribution in [0.5, 0.6) is 0 Å². The Morgan fingerprint density at radius 1 is 1.24 bits per heavy atom. The lowest BCUT2D eigenvalue weighted by molar-refractivity contribution is -0.139. The number of carbonyl (C=O) groups excluding carboxylic acids is 2. The molecule has 2 saturated heterocycles. The predicted molar refractivity (Wildman–Crippen MR) is 77.7 cm³/mol. The van der Waals surface area contributed by atoms with Gasteiger partial charge in [-0.2, -0.15) is 0 Å². The molecule has 2 heterocycles. The van der Waals surface area contributed by atoms with Gasteiger partial charge in [0.1, 0.15) is 0 Å². The van der Waals surface area contributed by atoms with E-state index in [-0.39, 0.29) is 17.9 Å². The molecule has 3 rings (SSSR count). The molecule has 0 saturated carbocycles. The molecule has 21 heavy (non-hydrogen) atoms. The molecule has 2 fully saturated rings. The number of piperidine rings is 1. The Hall–Kier alpha value is -1.40. The summed E-state index contributed by atoms with van der Waals surface area (Å²) in [7, 11) is -3.23. The zero-order valence-corrected chi connectivity index (χ0v) is 12.7. The first-order chi connectivity index (χ1) is 9.83. The topological polar surface area (TPSA) is 80.3 Å². The van der Waals surface area contributed by atoms with Crippen molar-refractivity contribution in [1.29, 1.82) is 0 Å². The predicted octanol–water partition coefficient (Wildman–Crippen LogP) is 1.27. The van der Waals surface area contributed by atoms with Crippen LogP contribution in [0.3, 0.4) is 0 Å². The first-order valence-corrected chi connectivity index (χ1v) is 8.81. The lowest BCUT2D eigenvalue weighted by Gasteiger charge is -2.39. The number of hydrogen-bond acceptors (Lipinski definition) is 4. The van der Waals surface area contributed by atoms with E-state index in [1.54, 1.807) is 24.3 Å². The van der Waals surface area contributed by atoms with Gasteiger partial charge in [-0.25, -0.2) is 8.42 Å². The summed E-state index contributed by atoms with van der Waals surface area (Å²) < 4.78 is 23.8. The highest BCUT2D eigenvalue weighted by Gasteiger charge is 2.55. The normalized spacial score (nSPS) is 31.4.